The van der Waals surface area contributed by atoms with Gasteiger partial charge in [0.1, 0.15) is 41.0 Å². The standard InChI is InChI=1S/C26H28N6O5/c1-26(2,3)37-25(34)30-19(24(33)35-4)14-32-23-20(22(27)28-15-29-23)21(31-32)16-10-12-18(13-11-16)36-17-8-6-5-7-9-17/h5-13,15,19H,14H2,1-4H3,(H,30,34)(H2,27,28,29). The van der Waals surface area contributed by atoms with Gasteiger partial charge in [0, 0.05) is 5.56 Å². The van der Waals surface area contributed by atoms with Crippen LogP contribution in [0.4, 0.5) is 10.6 Å². The van der Waals surface area contributed by atoms with Crippen molar-refractivity contribution in [2.24, 2.45) is 0 Å². The lowest BCUT2D eigenvalue weighted by molar-refractivity contribution is -0.143. The topological polar surface area (TPSA) is 143 Å². The number of hydrogen-bond acceptors (Lipinski definition) is 9. The number of amides is 1. The second-order valence-electron chi connectivity index (χ2n) is 9.15. The zero-order chi connectivity index (χ0) is 26.6. The molecule has 0 aliphatic heterocycles. The van der Waals surface area contributed by atoms with Crippen LogP contribution in [-0.2, 0) is 20.8 Å². The van der Waals surface area contributed by atoms with Crippen LogP contribution in [0.1, 0.15) is 20.8 Å². The molecule has 0 saturated heterocycles. The van der Waals surface area contributed by atoms with Crippen molar-refractivity contribution in [3.8, 4) is 22.8 Å². The molecule has 2 heterocycles. The molecular formula is C26H28N6O5. The first-order valence-electron chi connectivity index (χ1n) is 11.5. The summed E-state index contributed by atoms with van der Waals surface area (Å²) in [6, 6.07) is 15.7. The Kier molecular flexibility index (Phi) is 7.23. The molecule has 1 atom stereocenters. The molecule has 2 aromatic carbocycles. The molecular weight excluding hydrogens is 476 g/mol. The lowest BCUT2D eigenvalue weighted by Crippen LogP contribution is -2.46. The number of carbonyl (C=O) groups excluding carboxylic acids is 2. The van der Waals surface area contributed by atoms with Gasteiger partial charge in [-0.25, -0.2) is 24.2 Å². The summed E-state index contributed by atoms with van der Waals surface area (Å²) in [7, 11) is 1.23. The maximum atomic E-state index is 12.5. The highest BCUT2D eigenvalue weighted by Gasteiger charge is 2.28. The number of ether oxygens (including phenoxy) is 3. The van der Waals surface area contributed by atoms with E-state index in [1.165, 1.54) is 18.1 Å². The molecule has 4 aromatic rings. The monoisotopic (exact) mass is 504 g/mol. The second kappa shape index (κ2) is 10.5. The van der Waals surface area contributed by atoms with Crippen LogP contribution in [0.5, 0.6) is 11.5 Å². The van der Waals surface area contributed by atoms with E-state index in [1.54, 1.807) is 20.8 Å². The highest BCUT2D eigenvalue weighted by molar-refractivity contribution is 5.98. The summed E-state index contributed by atoms with van der Waals surface area (Å²) in [5.74, 6) is 0.926. The van der Waals surface area contributed by atoms with Gasteiger partial charge in [-0.2, -0.15) is 5.10 Å². The number of esters is 1. The molecule has 0 spiro atoms. The summed E-state index contributed by atoms with van der Waals surface area (Å²) in [6.45, 7) is 5.10. The highest BCUT2D eigenvalue weighted by atomic mass is 16.6. The third-order valence-electron chi connectivity index (χ3n) is 5.20. The van der Waals surface area contributed by atoms with E-state index in [9.17, 15) is 9.59 Å². The number of aromatic nitrogens is 4. The predicted molar refractivity (Wildman–Crippen MR) is 137 cm³/mol. The number of alkyl carbamates (subject to hydrolysis) is 1. The van der Waals surface area contributed by atoms with E-state index in [4.69, 9.17) is 19.9 Å². The number of nitrogens with two attached hydrogens (primary N) is 1. The van der Waals surface area contributed by atoms with Gasteiger partial charge in [0.25, 0.3) is 0 Å². The number of rotatable bonds is 7. The van der Waals surface area contributed by atoms with E-state index in [0.717, 1.165) is 5.56 Å². The quantitative estimate of drug-likeness (QED) is 0.358. The lowest BCUT2D eigenvalue weighted by atomic mass is 10.1. The number of nitrogen functional groups attached to an aromatic ring is 1. The number of nitrogens with one attached hydrogen (secondary N) is 1. The summed E-state index contributed by atoms with van der Waals surface area (Å²) < 4.78 is 17.5. The molecule has 11 nitrogen and oxygen atoms in total. The highest BCUT2D eigenvalue weighted by Crippen LogP contribution is 2.32. The number of anilines is 1. The van der Waals surface area contributed by atoms with Gasteiger partial charge in [-0.05, 0) is 57.2 Å². The Bertz CT molecular complexity index is 1400. The molecule has 1 amide bonds. The van der Waals surface area contributed by atoms with Gasteiger partial charge < -0.3 is 25.3 Å². The van der Waals surface area contributed by atoms with E-state index >= 15 is 0 Å². The van der Waals surface area contributed by atoms with E-state index < -0.39 is 23.7 Å². The number of fused-ring (bicyclic) bond motifs is 1. The molecule has 192 valence electrons. The SMILES string of the molecule is COC(=O)C(Cn1nc(-c2ccc(Oc3ccccc3)cc2)c2c(N)ncnc21)NC(=O)OC(C)(C)C. The van der Waals surface area contributed by atoms with Gasteiger partial charge in [0.05, 0.1) is 19.0 Å². The molecule has 0 saturated carbocycles. The summed E-state index contributed by atoms with van der Waals surface area (Å²) in [4.78, 5) is 33.3. The molecule has 4 rings (SSSR count). The zero-order valence-corrected chi connectivity index (χ0v) is 21.0. The van der Waals surface area contributed by atoms with Crippen molar-refractivity contribution in [1.29, 1.82) is 0 Å². The van der Waals surface area contributed by atoms with Crippen LogP contribution in [0, 0.1) is 0 Å². The average molecular weight is 505 g/mol. The predicted octanol–water partition coefficient (Wildman–Crippen LogP) is 3.93. The van der Waals surface area contributed by atoms with Crippen LogP contribution in [0.2, 0.25) is 0 Å². The van der Waals surface area contributed by atoms with E-state index in [0.29, 0.717) is 28.2 Å². The van der Waals surface area contributed by atoms with Gasteiger partial charge >= 0.3 is 12.1 Å². The van der Waals surface area contributed by atoms with Crippen molar-refractivity contribution in [2.45, 2.75) is 39.0 Å². The molecule has 3 N–H and O–H groups in total. The van der Waals surface area contributed by atoms with Gasteiger partial charge in [0.2, 0.25) is 0 Å². The molecule has 2 aromatic heterocycles. The van der Waals surface area contributed by atoms with Crippen LogP contribution >= 0.6 is 0 Å². The fourth-order valence-electron chi connectivity index (χ4n) is 3.61. The lowest BCUT2D eigenvalue weighted by Gasteiger charge is -2.22. The van der Waals surface area contributed by atoms with E-state index in [2.05, 4.69) is 20.4 Å². The molecule has 11 heteroatoms. The van der Waals surface area contributed by atoms with E-state index in [-0.39, 0.29) is 12.4 Å². The van der Waals surface area contributed by atoms with Crippen molar-refractivity contribution >= 4 is 28.9 Å². The van der Waals surface area contributed by atoms with Crippen molar-refractivity contribution in [3.63, 3.8) is 0 Å². The number of methoxy groups -OCH3 is 1. The first-order chi connectivity index (χ1) is 17.6. The van der Waals surface area contributed by atoms with Crippen molar-refractivity contribution in [3.05, 3.63) is 60.9 Å². The minimum atomic E-state index is -1.09. The first-order valence-corrected chi connectivity index (χ1v) is 11.5. The van der Waals surface area contributed by atoms with Crippen LogP contribution in [0.25, 0.3) is 22.3 Å². The molecule has 0 aliphatic carbocycles. The molecule has 0 radical (unpaired) electrons. The minimum absolute atomic E-state index is 0.0753. The van der Waals surface area contributed by atoms with Crippen molar-refractivity contribution in [1.82, 2.24) is 25.1 Å². The Morgan fingerprint density at radius 1 is 1.03 bits per heavy atom. The smallest absolute Gasteiger partial charge is 0.408 e. The zero-order valence-electron chi connectivity index (χ0n) is 21.0. The summed E-state index contributed by atoms with van der Waals surface area (Å²) in [5, 5.41) is 7.72. The van der Waals surface area contributed by atoms with Gasteiger partial charge in [-0.15, -0.1) is 0 Å². The Balaban J connectivity index is 1.65. The molecule has 37 heavy (non-hydrogen) atoms. The summed E-state index contributed by atoms with van der Waals surface area (Å²) in [6.07, 6.45) is 0.549. The number of nitrogens with zero attached hydrogens (tertiary/aromatic N) is 4. The number of benzene rings is 2. The number of para-hydroxylation sites is 1. The van der Waals surface area contributed by atoms with Crippen molar-refractivity contribution < 1.29 is 23.8 Å². The minimum Gasteiger partial charge on any atom is -0.467 e. The van der Waals surface area contributed by atoms with Gasteiger partial charge in [0.15, 0.2) is 5.65 Å². The molecule has 0 bridgehead atoms. The molecule has 1 unspecified atom stereocenters. The molecule has 0 aliphatic rings. The normalized spacial score (nSPS) is 12.1. The fraction of sp³-hybridized carbons (Fsp3) is 0.269. The molecule has 0 fully saturated rings. The van der Waals surface area contributed by atoms with Crippen LogP contribution < -0.4 is 15.8 Å². The van der Waals surface area contributed by atoms with Crippen LogP contribution in [0.15, 0.2) is 60.9 Å². The Hall–Kier alpha value is -4.67. The fourth-order valence-corrected chi connectivity index (χ4v) is 3.61. The van der Waals surface area contributed by atoms with Crippen LogP contribution in [0.3, 0.4) is 0 Å². The Morgan fingerprint density at radius 2 is 1.70 bits per heavy atom. The summed E-state index contributed by atoms with van der Waals surface area (Å²) >= 11 is 0. The number of carbonyl (C=O) groups is 2. The first kappa shape index (κ1) is 25.4. The second-order valence-corrected chi connectivity index (χ2v) is 9.15. The van der Waals surface area contributed by atoms with Crippen molar-refractivity contribution in [2.75, 3.05) is 12.8 Å². The number of hydrogen-bond donors (Lipinski definition) is 2. The third kappa shape index (κ3) is 6.13. The van der Waals surface area contributed by atoms with Gasteiger partial charge in [-0.1, -0.05) is 18.2 Å². The maximum Gasteiger partial charge on any atom is 0.408 e. The maximum absolute atomic E-state index is 12.5. The summed E-state index contributed by atoms with van der Waals surface area (Å²) in [5.41, 5.74) is 7.10. The van der Waals surface area contributed by atoms with Gasteiger partial charge in [-0.3, -0.25) is 0 Å². The third-order valence-corrected chi connectivity index (χ3v) is 5.20. The Morgan fingerprint density at radius 3 is 2.35 bits per heavy atom. The average Bonchev–Trinajstić information content (AvgIpc) is 3.22. The Labute approximate surface area is 213 Å². The van der Waals surface area contributed by atoms with Crippen LogP contribution in [-0.4, -0.2) is 50.6 Å². The van der Waals surface area contributed by atoms with E-state index in [1.807, 2.05) is 54.6 Å². The largest absolute Gasteiger partial charge is 0.467 e.